The first-order valence-corrected chi connectivity index (χ1v) is 6.81. The molecule has 2 unspecified atom stereocenters. The molecular weight excluding hydrogens is 262 g/mol. The summed E-state index contributed by atoms with van der Waals surface area (Å²) in [4.78, 5) is 36.7. The monoisotopic (exact) mass is 285 g/mol. The Morgan fingerprint density at radius 2 is 2.05 bits per heavy atom. The lowest BCUT2D eigenvalue weighted by Gasteiger charge is -2.28. The van der Waals surface area contributed by atoms with Crippen LogP contribution in [-0.4, -0.2) is 48.5 Å². The number of nitrogens with one attached hydrogen (secondary N) is 1. The highest BCUT2D eigenvalue weighted by Crippen LogP contribution is 2.21. The molecule has 114 valence electrons. The van der Waals surface area contributed by atoms with Gasteiger partial charge in [0.05, 0.1) is 7.11 Å². The topological polar surface area (TPSA) is 102 Å². The molecule has 0 saturated carbocycles. The van der Waals surface area contributed by atoms with E-state index in [0.717, 1.165) is 6.42 Å². The highest BCUT2D eigenvalue weighted by molar-refractivity contribution is 5.90. The zero-order chi connectivity index (χ0) is 15.3. The van der Waals surface area contributed by atoms with Crippen LogP contribution in [0, 0.1) is 5.92 Å². The molecule has 20 heavy (non-hydrogen) atoms. The fraction of sp³-hybridized carbons (Fsp3) is 0.769. The van der Waals surface area contributed by atoms with Gasteiger partial charge in [0.2, 0.25) is 5.91 Å². The van der Waals surface area contributed by atoms with Crippen molar-refractivity contribution in [3.63, 3.8) is 0 Å². The predicted molar refractivity (Wildman–Crippen MR) is 72.7 cm³/mol. The second-order valence-electron chi connectivity index (χ2n) is 5.40. The van der Waals surface area contributed by atoms with Gasteiger partial charge in [0, 0.05) is 6.54 Å². The highest BCUT2D eigenvalue weighted by Gasteiger charge is 2.38. The van der Waals surface area contributed by atoms with Gasteiger partial charge in [0.25, 0.3) is 0 Å². The molecule has 0 spiro atoms. The van der Waals surface area contributed by atoms with Crippen molar-refractivity contribution in [3.05, 3.63) is 0 Å². The Morgan fingerprint density at radius 1 is 1.40 bits per heavy atom. The largest absolute Gasteiger partial charge is 0.467 e. The fourth-order valence-corrected chi connectivity index (χ4v) is 2.48. The minimum absolute atomic E-state index is 0.218. The second kappa shape index (κ2) is 7.12. The molecule has 1 fully saturated rings. The van der Waals surface area contributed by atoms with Crippen molar-refractivity contribution < 1.29 is 19.1 Å². The third-order valence-electron chi connectivity index (χ3n) is 3.33. The lowest BCUT2D eigenvalue weighted by molar-refractivity contribution is -0.151. The molecule has 0 bridgehead atoms. The van der Waals surface area contributed by atoms with Crippen LogP contribution in [0.4, 0.5) is 4.79 Å². The average Bonchev–Trinajstić information content (AvgIpc) is 2.84. The quantitative estimate of drug-likeness (QED) is 0.706. The first kappa shape index (κ1) is 16.3. The molecule has 3 N–H and O–H groups in total. The third kappa shape index (κ3) is 4.11. The van der Waals surface area contributed by atoms with Crippen molar-refractivity contribution >= 4 is 17.9 Å². The number of amides is 3. The summed E-state index contributed by atoms with van der Waals surface area (Å²) in [7, 11) is 1.30. The van der Waals surface area contributed by atoms with Crippen molar-refractivity contribution in [2.45, 2.75) is 45.2 Å². The standard InChI is InChI=1S/C13H23N3O4/c1-8(2)7-9(15-13(14)19)11(17)16-6-4-5-10(16)12(18)20-3/h8-10H,4-7H2,1-3H3,(H3,14,15,19). The van der Waals surface area contributed by atoms with E-state index in [0.29, 0.717) is 19.4 Å². The van der Waals surface area contributed by atoms with Crippen molar-refractivity contribution in [3.8, 4) is 0 Å². The smallest absolute Gasteiger partial charge is 0.328 e. The molecule has 0 aromatic heterocycles. The average molecular weight is 285 g/mol. The van der Waals surface area contributed by atoms with Gasteiger partial charge in [-0.25, -0.2) is 9.59 Å². The number of esters is 1. The molecule has 1 heterocycles. The van der Waals surface area contributed by atoms with Crippen LogP contribution in [0.15, 0.2) is 0 Å². The number of rotatable bonds is 5. The van der Waals surface area contributed by atoms with E-state index in [9.17, 15) is 14.4 Å². The molecule has 1 aliphatic heterocycles. The summed E-state index contributed by atoms with van der Waals surface area (Å²) in [6.07, 6.45) is 1.81. The fourth-order valence-electron chi connectivity index (χ4n) is 2.48. The number of carbonyl (C=O) groups is 3. The maximum Gasteiger partial charge on any atom is 0.328 e. The van der Waals surface area contributed by atoms with Crippen LogP contribution < -0.4 is 11.1 Å². The first-order chi connectivity index (χ1) is 9.36. The molecule has 1 saturated heterocycles. The van der Waals surface area contributed by atoms with Gasteiger partial charge < -0.3 is 20.7 Å². The number of likely N-dealkylation sites (tertiary alicyclic amines) is 1. The second-order valence-corrected chi connectivity index (χ2v) is 5.40. The van der Waals surface area contributed by atoms with E-state index in [1.165, 1.54) is 12.0 Å². The molecule has 0 aromatic rings. The molecule has 0 aliphatic carbocycles. The molecule has 1 rings (SSSR count). The summed E-state index contributed by atoms with van der Waals surface area (Å²) in [5.41, 5.74) is 5.11. The first-order valence-electron chi connectivity index (χ1n) is 6.81. The molecule has 0 radical (unpaired) electrons. The maximum atomic E-state index is 12.5. The van der Waals surface area contributed by atoms with Gasteiger partial charge in [-0.1, -0.05) is 13.8 Å². The van der Waals surface area contributed by atoms with Crippen molar-refractivity contribution in [1.82, 2.24) is 10.2 Å². The van der Waals surface area contributed by atoms with Crippen LogP contribution in [0.3, 0.4) is 0 Å². The van der Waals surface area contributed by atoms with Crippen LogP contribution in [0.2, 0.25) is 0 Å². The lowest BCUT2D eigenvalue weighted by atomic mass is 10.0. The van der Waals surface area contributed by atoms with Gasteiger partial charge in [-0.2, -0.15) is 0 Å². The van der Waals surface area contributed by atoms with E-state index >= 15 is 0 Å². The van der Waals surface area contributed by atoms with Crippen LogP contribution in [0.25, 0.3) is 0 Å². The Balaban J connectivity index is 2.81. The number of ether oxygens (including phenoxy) is 1. The lowest BCUT2D eigenvalue weighted by Crippen LogP contribution is -2.53. The van der Waals surface area contributed by atoms with E-state index in [1.54, 1.807) is 0 Å². The Kier molecular flexibility index (Phi) is 5.79. The summed E-state index contributed by atoms with van der Waals surface area (Å²) in [5.74, 6) is -0.474. The minimum atomic E-state index is -0.738. The molecule has 7 heteroatoms. The number of nitrogens with zero attached hydrogens (tertiary/aromatic N) is 1. The van der Waals surface area contributed by atoms with Gasteiger partial charge in [-0.05, 0) is 25.2 Å². The number of hydrogen-bond acceptors (Lipinski definition) is 4. The number of urea groups is 1. The van der Waals surface area contributed by atoms with E-state index in [-0.39, 0.29) is 11.8 Å². The van der Waals surface area contributed by atoms with Gasteiger partial charge >= 0.3 is 12.0 Å². The summed E-state index contributed by atoms with van der Waals surface area (Å²) in [6, 6.07) is -1.99. The zero-order valence-electron chi connectivity index (χ0n) is 12.2. The number of carbonyl (C=O) groups excluding carboxylic acids is 3. The van der Waals surface area contributed by atoms with Gasteiger partial charge in [0.15, 0.2) is 0 Å². The molecule has 1 aliphatic rings. The predicted octanol–water partition coefficient (Wildman–Crippen LogP) is 0.233. The van der Waals surface area contributed by atoms with Gasteiger partial charge in [-0.15, -0.1) is 0 Å². The Morgan fingerprint density at radius 3 is 2.55 bits per heavy atom. The maximum absolute atomic E-state index is 12.5. The summed E-state index contributed by atoms with van der Waals surface area (Å²) >= 11 is 0. The SMILES string of the molecule is COC(=O)C1CCCN1C(=O)C(CC(C)C)NC(N)=O. The number of methoxy groups -OCH3 is 1. The Hall–Kier alpha value is -1.79. The summed E-state index contributed by atoms with van der Waals surface area (Å²) < 4.78 is 4.71. The summed E-state index contributed by atoms with van der Waals surface area (Å²) in [5, 5.41) is 2.46. The van der Waals surface area contributed by atoms with Crippen LogP contribution in [0.1, 0.15) is 33.1 Å². The molecule has 2 atom stereocenters. The van der Waals surface area contributed by atoms with E-state index < -0.39 is 24.1 Å². The number of nitrogens with two attached hydrogens (primary N) is 1. The summed E-state index contributed by atoms with van der Waals surface area (Å²) in [6.45, 7) is 4.39. The van der Waals surface area contributed by atoms with E-state index in [1.807, 2.05) is 13.8 Å². The van der Waals surface area contributed by atoms with Crippen molar-refractivity contribution in [1.29, 1.82) is 0 Å². The molecule has 3 amide bonds. The van der Waals surface area contributed by atoms with Crippen molar-refractivity contribution in [2.24, 2.45) is 11.7 Å². The van der Waals surface area contributed by atoms with Crippen LogP contribution in [0.5, 0.6) is 0 Å². The van der Waals surface area contributed by atoms with E-state index in [2.05, 4.69) is 5.32 Å². The number of hydrogen-bond donors (Lipinski definition) is 2. The van der Waals surface area contributed by atoms with Gasteiger partial charge in [0.1, 0.15) is 12.1 Å². The van der Waals surface area contributed by atoms with Gasteiger partial charge in [-0.3, -0.25) is 4.79 Å². The van der Waals surface area contributed by atoms with Crippen LogP contribution >= 0.6 is 0 Å². The number of primary amides is 1. The zero-order valence-corrected chi connectivity index (χ0v) is 12.2. The molecule has 0 aromatic carbocycles. The van der Waals surface area contributed by atoms with Crippen LogP contribution in [-0.2, 0) is 14.3 Å². The highest BCUT2D eigenvalue weighted by atomic mass is 16.5. The molecular formula is C13H23N3O4. The van der Waals surface area contributed by atoms with Crippen molar-refractivity contribution in [2.75, 3.05) is 13.7 Å². The normalized spacial score (nSPS) is 19.8. The Labute approximate surface area is 118 Å². The molecule has 7 nitrogen and oxygen atoms in total. The van der Waals surface area contributed by atoms with E-state index in [4.69, 9.17) is 10.5 Å². The minimum Gasteiger partial charge on any atom is -0.467 e. The Bertz CT molecular complexity index is 384. The third-order valence-corrected chi connectivity index (χ3v) is 3.33.